The third-order valence-corrected chi connectivity index (χ3v) is 3.28. The second-order valence-corrected chi connectivity index (χ2v) is 5.75. The van der Waals surface area contributed by atoms with Crippen molar-refractivity contribution in [3.63, 3.8) is 0 Å². The number of hydrogen-bond acceptors (Lipinski definition) is 3. The van der Waals surface area contributed by atoms with Crippen LogP contribution in [-0.2, 0) is 4.79 Å². The molecule has 0 saturated carbocycles. The van der Waals surface area contributed by atoms with Crippen LogP contribution in [0.15, 0.2) is 72.9 Å². The van der Waals surface area contributed by atoms with Crippen molar-refractivity contribution >= 4 is 5.97 Å². The van der Waals surface area contributed by atoms with Crippen LogP contribution >= 0.6 is 0 Å². The van der Waals surface area contributed by atoms with Crippen molar-refractivity contribution in [1.29, 1.82) is 0 Å². The molecule has 144 valence electrons. The highest BCUT2D eigenvalue weighted by molar-refractivity contribution is 5.66. The molecule has 0 amide bonds. The van der Waals surface area contributed by atoms with Crippen LogP contribution in [0.3, 0.4) is 0 Å². The molecule has 2 atom stereocenters. The SMILES string of the molecule is CCC=CCC(O)C=CC=CCC=CC=CC(O)CC=CCCC(=O)O. The summed E-state index contributed by atoms with van der Waals surface area (Å²) in [5.74, 6) is -0.815. The summed E-state index contributed by atoms with van der Waals surface area (Å²) < 4.78 is 0. The number of carbonyl (C=O) groups is 1. The average Bonchev–Trinajstić information content (AvgIpc) is 2.60. The Morgan fingerprint density at radius 1 is 0.808 bits per heavy atom. The Labute approximate surface area is 157 Å². The van der Waals surface area contributed by atoms with Gasteiger partial charge in [0.25, 0.3) is 0 Å². The number of aliphatic carboxylic acids is 1. The first kappa shape index (κ1) is 23.8. The Morgan fingerprint density at radius 2 is 1.35 bits per heavy atom. The second-order valence-electron chi connectivity index (χ2n) is 5.75. The average molecular weight is 360 g/mol. The van der Waals surface area contributed by atoms with Gasteiger partial charge in [-0.05, 0) is 32.1 Å². The zero-order valence-corrected chi connectivity index (χ0v) is 15.6. The van der Waals surface area contributed by atoms with E-state index < -0.39 is 18.2 Å². The molecular weight excluding hydrogens is 328 g/mol. The van der Waals surface area contributed by atoms with Gasteiger partial charge < -0.3 is 15.3 Å². The summed E-state index contributed by atoms with van der Waals surface area (Å²) in [6.07, 6.45) is 24.9. The zero-order chi connectivity index (χ0) is 19.5. The first-order valence-corrected chi connectivity index (χ1v) is 9.10. The van der Waals surface area contributed by atoms with Gasteiger partial charge in [0, 0.05) is 6.42 Å². The number of allylic oxidation sites excluding steroid dienone is 8. The van der Waals surface area contributed by atoms with Crippen molar-refractivity contribution in [2.24, 2.45) is 0 Å². The fourth-order valence-corrected chi connectivity index (χ4v) is 1.90. The number of aliphatic hydroxyl groups excluding tert-OH is 2. The first-order chi connectivity index (χ1) is 12.6. The van der Waals surface area contributed by atoms with Gasteiger partial charge in [-0.1, -0.05) is 79.8 Å². The van der Waals surface area contributed by atoms with Crippen LogP contribution in [0.4, 0.5) is 0 Å². The smallest absolute Gasteiger partial charge is 0.303 e. The van der Waals surface area contributed by atoms with Crippen molar-refractivity contribution in [2.45, 2.75) is 57.7 Å². The maximum absolute atomic E-state index is 10.3. The second kappa shape index (κ2) is 17.6. The highest BCUT2D eigenvalue weighted by Gasteiger charge is 1.95. The van der Waals surface area contributed by atoms with E-state index in [-0.39, 0.29) is 6.42 Å². The van der Waals surface area contributed by atoms with E-state index in [1.54, 1.807) is 30.4 Å². The molecule has 3 N–H and O–H groups in total. The lowest BCUT2D eigenvalue weighted by molar-refractivity contribution is -0.136. The predicted octanol–water partition coefficient (Wildman–Crippen LogP) is 4.49. The van der Waals surface area contributed by atoms with E-state index >= 15 is 0 Å². The van der Waals surface area contributed by atoms with Crippen molar-refractivity contribution in [1.82, 2.24) is 0 Å². The summed E-state index contributed by atoms with van der Waals surface area (Å²) in [5.41, 5.74) is 0. The topological polar surface area (TPSA) is 77.8 Å². The Morgan fingerprint density at radius 3 is 1.85 bits per heavy atom. The van der Waals surface area contributed by atoms with E-state index in [4.69, 9.17) is 5.11 Å². The van der Waals surface area contributed by atoms with Crippen molar-refractivity contribution in [2.75, 3.05) is 0 Å². The molecule has 0 rings (SSSR count). The predicted molar refractivity (Wildman–Crippen MR) is 108 cm³/mol. The highest BCUT2D eigenvalue weighted by Crippen LogP contribution is 2.00. The van der Waals surface area contributed by atoms with E-state index in [9.17, 15) is 15.0 Å². The number of carboxylic acids is 1. The van der Waals surface area contributed by atoms with Crippen LogP contribution in [0, 0.1) is 0 Å². The number of hydrogen-bond donors (Lipinski definition) is 3. The minimum Gasteiger partial charge on any atom is -0.481 e. The Kier molecular flexibility index (Phi) is 16.2. The maximum Gasteiger partial charge on any atom is 0.303 e. The Hall–Kier alpha value is -2.17. The van der Waals surface area contributed by atoms with Crippen molar-refractivity contribution in [3.05, 3.63) is 72.9 Å². The van der Waals surface area contributed by atoms with E-state index in [1.165, 1.54) is 0 Å². The van der Waals surface area contributed by atoms with E-state index in [2.05, 4.69) is 6.92 Å². The third-order valence-electron chi connectivity index (χ3n) is 3.28. The van der Waals surface area contributed by atoms with E-state index in [1.807, 2.05) is 42.5 Å². The quantitative estimate of drug-likeness (QED) is 0.315. The molecule has 26 heavy (non-hydrogen) atoms. The number of carboxylic acid groups (broad SMARTS) is 1. The first-order valence-electron chi connectivity index (χ1n) is 9.10. The fraction of sp³-hybridized carbons (Fsp3) is 0.409. The largest absolute Gasteiger partial charge is 0.481 e. The molecule has 0 heterocycles. The summed E-state index contributed by atoms with van der Waals surface area (Å²) in [6, 6.07) is 0. The van der Waals surface area contributed by atoms with Crippen molar-refractivity contribution < 1.29 is 20.1 Å². The monoisotopic (exact) mass is 360 g/mol. The molecule has 0 aliphatic rings. The lowest BCUT2D eigenvalue weighted by Crippen LogP contribution is -1.99. The molecule has 0 radical (unpaired) electrons. The van der Waals surface area contributed by atoms with Crippen LogP contribution < -0.4 is 0 Å². The molecule has 0 saturated heterocycles. The summed E-state index contributed by atoms with van der Waals surface area (Å²) in [6.45, 7) is 2.06. The molecule has 0 spiro atoms. The Balaban J connectivity index is 3.85. The lowest BCUT2D eigenvalue weighted by Gasteiger charge is -1.99. The molecule has 0 aromatic carbocycles. The van der Waals surface area contributed by atoms with Gasteiger partial charge in [-0.3, -0.25) is 4.79 Å². The third kappa shape index (κ3) is 18.2. The van der Waals surface area contributed by atoms with Crippen LogP contribution in [0.2, 0.25) is 0 Å². The summed E-state index contributed by atoms with van der Waals surface area (Å²) in [5, 5.41) is 27.9. The van der Waals surface area contributed by atoms with Crippen LogP contribution in [0.5, 0.6) is 0 Å². The van der Waals surface area contributed by atoms with E-state index in [0.717, 1.165) is 12.8 Å². The molecule has 0 aromatic rings. The summed E-state index contributed by atoms with van der Waals surface area (Å²) in [7, 11) is 0. The van der Waals surface area contributed by atoms with Gasteiger partial charge >= 0.3 is 5.97 Å². The van der Waals surface area contributed by atoms with Gasteiger partial charge in [0.2, 0.25) is 0 Å². The van der Waals surface area contributed by atoms with Gasteiger partial charge in [0.05, 0.1) is 12.2 Å². The number of aliphatic hydroxyl groups is 2. The zero-order valence-electron chi connectivity index (χ0n) is 15.6. The van der Waals surface area contributed by atoms with Crippen molar-refractivity contribution in [3.8, 4) is 0 Å². The fourth-order valence-electron chi connectivity index (χ4n) is 1.90. The van der Waals surface area contributed by atoms with Crippen LogP contribution in [0.1, 0.15) is 45.4 Å². The van der Waals surface area contributed by atoms with Crippen LogP contribution in [-0.4, -0.2) is 33.5 Å². The minimum absolute atomic E-state index is 0.114. The maximum atomic E-state index is 10.3. The van der Waals surface area contributed by atoms with Gasteiger partial charge in [0.1, 0.15) is 0 Å². The van der Waals surface area contributed by atoms with Crippen LogP contribution in [0.25, 0.3) is 0 Å². The van der Waals surface area contributed by atoms with Gasteiger partial charge in [-0.25, -0.2) is 0 Å². The lowest BCUT2D eigenvalue weighted by atomic mass is 10.2. The van der Waals surface area contributed by atoms with Gasteiger partial charge in [0.15, 0.2) is 0 Å². The molecule has 0 aliphatic carbocycles. The highest BCUT2D eigenvalue weighted by atomic mass is 16.4. The molecule has 0 aromatic heterocycles. The molecule has 4 heteroatoms. The molecule has 0 bridgehead atoms. The van der Waals surface area contributed by atoms with Gasteiger partial charge in [-0.2, -0.15) is 0 Å². The Bertz CT molecular complexity index is 524. The molecule has 2 unspecified atom stereocenters. The summed E-state index contributed by atoms with van der Waals surface area (Å²) in [4.78, 5) is 10.3. The van der Waals surface area contributed by atoms with Gasteiger partial charge in [-0.15, -0.1) is 0 Å². The normalized spacial score (nSPS) is 15.5. The molecular formula is C22H32O4. The van der Waals surface area contributed by atoms with E-state index in [0.29, 0.717) is 19.3 Å². The number of rotatable bonds is 14. The molecule has 0 fully saturated rings. The summed E-state index contributed by atoms with van der Waals surface area (Å²) >= 11 is 0. The standard InChI is InChI=1S/C22H32O4/c1-2-3-10-15-20(23)16-11-7-5-4-6-8-12-17-21(24)18-13-9-14-19-22(25)26/h3,5-13,16-17,20-21,23-24H,2,4,14-15,18-19H2,1H3,(H,25,26). The molecule has 0 aliphatic heterocycles. The minimum atomic E-state index is -0.815. The molecule has 4 nitrogen and oxygen atoms in total.